The van der Waals surface area contributed by atoms with Gasteiger partial charge in [0, 0.05) is 30.2 Å². The van der Waals surface area contributed by atoms with Crippen LogP contribution in [0.25, 0.3) is 0 Å². The Hall–Kier alpha value is -1.35. The van der Waals surface area contributed by atoms with Crippen LogP contribution in [0.5, 0.6) is 0 Å². The zero-order valence-corrected chi connectivity index (χ0v) is 13.4. The summed E-state index contributed by atoms with van der Waals surface area (Å²) < 4.78 is 0. The molecule has 2 fully saturated rings. The van der Waals surface area contributed by atoms with Crippen molar-refractivity contribution < 1.29 is 4.79 Å². The summed E-state index contributed by atoms with van der Waals surface area (Å²) in [6.07, 6.45) is 4.77. The standard InChI is InChI=1S/C18H26N2O/c1-4-20(17-10-15-5-6-16(11-17)19-15)18(21)14-8-12(2)7-13(3)9-14/h7-9,15-17,19H,4-6,10-11H2,1-3H3. The lowest BCUT2D eigenvalue weighted by Gasteiger charge is -2.37. The minimum Gasteiger partial charge on any atom is -0.336 e. The van der Waals surface area contributed by atoms with Crippen molar-refractivity contribution in [3.63, 3.8) is 0 Å². The summed E-state index contributed by atoms with van der Waals surface area (Å²) >= 11 is 0. The number of hydrogen-bond donors (Lipinski definition) is 1. The SMILES string of the molecule is CCN(C(=O)c1cc(C)cc(C)c1)C1CC2CCC(C1)N2. The van der Waals surface area contributed by atoms with Crippen molar-refractivity contribution in [1.29, 1.82) is 0 Å². The Labute approximate surface area is 127 Å². The van der Waals surface area contributed by atoms with E-state index in [1.807, 2.05) is 12.1 Å². The average Bonchev–Trinajstić information content (AvgIpc) is 2.77. The average molecular weight is 286 g/mol. The number of nitrogens with one attached hydrogen (secondary N) is 1. The van der Waals surface area contributed by atoms with E-state index < -0.39 is 0 Å². The number of hydrogen-bond acceptors (Lipinski definition) is 2. The van der Waals surface area contributed by atoms with Crippen molar-refractivity contribution in [2.45, 2.75) is 64.6 Å². The molecule has 0 aliphatic carbocycles. The second-order valence-corrected chi connectivity index (χ2v) is 6.73. The smallest absolute Gasteiger partial charge is 0.254 e. The van der Waals surface area contributed by atoms with Crippen molar-refractivity contribution >= 4 is 5.91 Å². The van der Waals surface area contributed by atoms with E-state index in [2.05, 4.69) is 37.1 Å². The Morgan fingerprint density at radius 3 is 2.24 bits per heavy atom. The third kappa shape index (κ3) is 2.98. The lowest BCUT2D eigenvalue weighted by Crippen LogP contribution is -2.50. The number of carbonyl (C=O) groups excluding carboxylic acids is 1. The van der Waals surface area contributed by atoms with E-state index in [9.17, 15) is 4.79 Å². The Bertz CT molecular complexity index is 508. The summed E-state index contributed by atoms with van der Waals surface area (Å²) in [5, 5.41) is 3.66. The van der Waals surface area contributed by atoms with Gasteiger partial charge in [-0.1, -0.05) is 17.2 Å². The first kappa shape index (κ1) is 14.6. The topological polar surface area (TPSA) is 32.3 Å². The fourth-order valence-corrected chi connectivity index (χ4v) is 4.11. The van der Waals surface area contributed by atoms with Gasteiger partial charge in [-0.2, -0.15) is 0 Å². The molecule has 2 unspecified atom stereocenters. The van der Waals surface area contributed by atoms with Crippen molar-refractivity contribution in [3.05, 3.63) is 34.9 Å². The first-order valence-electron chi connectivity index (χ1n) is 8.22. The monoisotopic (exact) mass is 286 g/mol. The molecule has 2 atom stereocenters. The van der Waals surface area contributed by atoms with Crippen LogP contribution in [-0.2, 0) is 0 Å². The van der Waals surface area contributed by atoms with Crippen LogP contribution in [0, 0.1) is 13.8 Å². The molecule has 3 rings (SSSR count). The van der Waals surface area contributed by atoms with Crippen LogP contribution in [0.4, 0.5) is 0 Å². The number of nitrogens with zero attached hydrogens (tertiary/aromatic N) is 1. The second-order valence-electron chi connectivity index (χ2n) is 6.73. The Morgan fingerprint density at radius 1 is 1.14 bits per heavy atom. The molecule has 3 nitrogen and oxygen atoms in total. The molecule has 21 heavy (non-hydrogen) atoms. The van der Waals surface area contributed by atoms with Gasteiger partial charge in [0.1, 0.15) is 0 Å². The van der Waals surface area contributed by atoms with Gasteiger partial charge in [-0.05, 0) is 58.6 Å². The molecule has 1 aromatic carbocycles. The minimum absolute atomic E-state index is 0.204. The minimum atomic E-state index is 0.204. The van der Waals surface area contributed by atoms with E-state index in [-0.39, 0.29) is 5.91 Å². The molecule has 1 N–H and O–H groups in total. The van der Waals surface area contributed by atoms with Gasteiger partial charge in [0.15, 0.2) is 0 Å². The normalized spacial score (nSPS) is 27.7. The summed E-state index contributed by atoms with van der Waals surface area (Å²) in [5.74, 6) is 0.204. The number of carbonyl (C=O) groups is 1. The lowest BCUT2D eigenvalue weighted by atomic mass is 9.97. The molecular formula is C18H26N2O. The maximum atomic E-state index is 12.9. The molecular weight excluding hydrogens is 260 g/mol. The first-order valence-corrected chi connectivity index (χ1v) is 8.22. The van der Waals surface area contributed by atoms with E-state index >= 15 is 0 Å². The number of amides is 1. The predicted octanol–water partition coefficient (Wildman–Crippen LogP) is 3.05. The summed E-state index contributed by atoms with van der Waals surface area (Å²) in [4.78, 5) is 15.0. The molecule has 114 valence electrons. The number of aryl methyl sites for hydroxylation is 2. The fourth-order valence-electron chi connectivity index (χ4n) is 4.11. The molecule has 2 saturated heterocycles. The van der Waals surface area contributed by atoms with Crippen LogP contribution < -0.4 is 5.32 Å². The zero-order valence-electron chi connectivity index (χ0n) is 13.4. The number of piperidine rings is 1. The summed E-state index contributed by atoms with van der Waals surface area (Å²) in [5.41, 5.74) is 3.18. The number of fused-ring (bicyclic) bond motifs is 2. The molecule has 0 radical (unpaired) electrons. The van der Waals surface area contributed by atoms with Crippen LogP contribution in [0.1, 0.15) is 54.1 Å². The molecule has 3 heteroatoms. The highest BCUT2D eigenvalue weighted by molar-refractivity contribution is 5.94. The quantitative estimate of drug-likeness (QED) is 0.926. The highest BCUT2D eigenvalue weighted by atomic mass is 16.2. The molecule has 1 amide bonds. The van der Waals surface area contributed by atoms with Crippen molar-refractivity contribution in [2.24, 2.45) is 0 Å². The van der Waals surface area contributed by atoms with Crippen LogP contribution in [-0.4, -0.2) is 35.5 Å². The number of benzene rings is 1. The highest BCUT2D eigenvalue weighted by Gasteiger charge is 2.37. The lowest BCUT2D eigenvalue weighted by molar-refractivity contribution is 0.0631. The Morgan fingerprint density at radius 2 is 1.71 bits per heavy atom. The predicted molar refractivity (Wildman–Crippen MR) is 85.6 cm³/mol. The second kappa shape index (κ2) is 5.80. The molecule has 1 aromatic rings. The number of rotatable bonds is 3. The maximum absolute atomic E-state index is 12.9. The largest absolute Gasteiger partial charge is 0.336 e. The van der Waals surface area contributed by atoms with E-state index in [1.54, 1.807) is 0 Å². The zero-order chi connectivity index (χ0) is 15.0. The summed E-state index contributed by atoms with van der Waals surface area (Å²) in [6, 6.07) is 7.81. The highest BCUT2D eigenvalue weighted by Crippen LogP contribution is 2.30. The van der Waals surface area contributed by atoms with Gasteiger partial charge in [-0.3, -0.25) is 4.79 Å². The van der Waals surface area contributed by atoms with Gasteiger partial charge in [-0.15, -0.1) is 0 Å². The summed E-state index contributed by atoms with van der Waals surface area (Å²) in [6.45, 7) is 7.02. The third-order valence-electron chi connectivity index (χ3n) is 4.96. The van der Waals surface area contributed by atoms with Crippen LogP contribution in [0.15, 0.2) is 18.2 Å². The molecule has 0 spiro atoms. The van der Waals surface area contributed by atoms with Crippen molar-refractivity contribution in [2.75, 3.05) is 6.54 Å². The first-order chi connectivity index (χ1) is 10.1. The molecule has 2 bridgehead atoms. The van der Waals surface area contributed by atoms with Gasteiger partial charge in [0.05, 0.1) is 0 Å². The molecule has 2 heterocycles. The van der Waals surface area contributed by atoms with Crippen LogP contribution >= 0.6 is 0 Å². The molecule has 2 aliphatic rings. The molecule has 0 aromatic heterocycles. The van der Waals surface area contributed by atoms with Gasteiger partial charge < -0.3 is 10.2 Å². The van der Waals surface area contributed by atoms with Gasteiger partial charge in [0.25, 0.3) is 5.91 Å². The van der Waals surface area contributed by atoms with E-state index in [1.165, 1.54) is 24.0 Å². The van der Waals surface area contributed by atoms with Gasteiger partial charge >= 0.3 is 0 Å². The summed E-state index contributed by atoms with van der Waals surface area (Å²) in [7, 11) is 0. The van der Waals surface area contributed by atoms with Gasteiger partial charge in [0.2, 0.25) is 0 Å². The Balaban J connectivity index is 1.80. The van der Waals surface area contributed by atoms with E-state index in [0.29, 0.717) is 18.1 Å². The molecule has 0 saturated carbocycles. The maximum Gasteiger partial charge on any atom is 0.254 e. The van der Waals surface area contributed by atoms with Crippen molar-refractivity contribution in [1.82, 2.24) is 10.2 Å². The van der Waals surface area contributed by atoms with Crippen LogP contribution in [0.2, 0.25) is 0 Å². The third-order valence-corrected chi connectivity index (χ3v) is 4.96. The Kier molecular flexibility index (Phi) is 4.03. The van der Waals surface area contributed by atoms with Gasteiger partial charge in [-0.25, -0.2) is 0 Å². The van der Waals surface area contributed by atoms with Crippen LogP contribution in [0.3, 0.4) is 0 Å². The van der Waals surface area contributed by atoms with E-state index in [0.717, 1.165) is 24.9 Å². The van der Waals surface area contributed by atoms with E-state index in [4.69, 9.17) is 0 Å². The molecule has 2 aliphatic heterocycles. The van der Waals surface area contributed by atoms with Crippen molar-refractivity contribution in [3.8, 4) is 0 Å². The fraction of sp³-hybridized carbons (Fsp3) is 0.611.